The fourth-order valence-corrected chi connectivity index (χ4v) is 4.48. The Bertz CT molecular complexity index is 525. The van der Waals surface area contributed by atoms with Crippen molar-refractivity contribution in [1.82, 2.24) is 9.62 Å². The van der Waals surface area contributed by atoms with Crippen LogP contribution in [0.2, 0.25) is 0 Å². The second-order valence-corrected chi connectivity index (χ2v) is 7.13. The number of benzene rings is 1. The van der Waals surface area contributed by atoms with E-state index < -0.39 is 10.0 Å². The third kappa shape index (κ3) is 3.22. The molecule has 112 valence electrons. The molecule has 2 rings (SSSR count). The van der Waals surface area contributed by atoms with E-state index in [1.165, 1.54) is 0 Å². The van der Waals surface area contributed by atoms with Crippen LogP contribution >= 0.6 is 0 Å². The molecule has 1 heterocycles. The van der Waals surface area contributed by atoms with Crippen molar-refractivity contribution in [2.24, 2.45) is 0 Å². The summed E-state index contributed by atoms with van der Waals surface area (Å²) in [6.45, 7) is 6.44. The van der Waals surface area contributed by atoms with Crippen LogP contribution in [0.3, 0.4) is 0 Å². The Morgan fingerprint density at radius 3 is 2.55 bits per heavy atom. The second kappa shape index (κ2) is 6.70. The molecule has 1 aromatic rings. The third-order valence-electron chi connectivity index (χ3n) is 3.90. The molecule has 4 nitrogen and oxygen atoms in total. The minimum atomic E-state index is -3.32. The van der Waals surface area contributed by atoms with Gasteiger partial charge in [0.25, 0.3) is 0 Å². The molecule has 1 aromatic carbocycles. The van der Waals surface area contributed by atoms with Gasteiger partial charge in [-0.05, 0) is 43.5 Å². The van der Waals surface area contributed by atoms with Crippen LogP contribution in [0.25, 0.3) is 0 Å². The van der Waals surface area contributed by atoms with E-state index in [1.807, 2.05) is 12.1 Å². The molecule has 0 bridgehead atoms. The molecule has 1 unspecified atom stereocenters. The average molecular weight is 296 g/mol. The van der Waals surface area contributed by atoms with E-state index in [0.717, 1.165) is 37.9 Å². The summed E-state index contributed by atoms with van der Waals surface area (Å²) in [6.07, 6.45) is 2.84. The summed E-state index contributed by atoms with van der Waals surface area (Å²) in [5, 5.41) is 3.23. The van der Waals surface area contributed by atoms with Crippen molar-refractivity contribution < 1.29 is 8.42 Å². The summed E-state index contributed by atoms with van der Waals surface area (Å²) in [7, 11) is -3.32. The molecule has 0 saturated carbocycles. The highest BCUT2D eigenvalue weighted by molar-refractivity contribution is 7.89. The first-order valence-electron chi connectivity index (χ1n) is 7.41. The number of nitrogens with one attached hydrogen (secondary N) is 1. The van der Waals surface area contributed by atoms with Gasteiger partial charge in [-0.1, -0.05) is 26.0 Å². The quantitative estimate of drug-likeness (QED) is 0.876. The molecule has 5 heteroatoms. The van der Waals surface area contributed by atoms with Gasteiger partial charge in [0.15, 0.2) is 0 Å². The van der Waals surface area contributed by atoms with Crippen molar-refractivity contribution in [2.75, 3.05) is 13.1 Å². The Kier molecular flexibility index (Phi) is 5.18. The lowest BCUT2D eigenvalue weighted by molar-refractivity contribution is 0.379. The number of nitrogens with zero attached hydrogens (tertiary/aromatic N) is 1. The van der Waals surface area contributed by atoms with Crippen molar-refractivity contribution >= 4 is 10.0 Å². The largest absolute Gasteiger partial charge is 0.313 e. The topological polar surface area (TPSA) is 49.4 Å². The molecule has 1 aliphatic rings. The van der Waals surface area contributed by atoms with Crippen molar-refractivity contribution in [1.29, 1.82) is 0 Å². The van der Waals surface area contributed by atoms with Crippen molar-refractivity contribution in [3.8, 4) is 0 Å². The van der Waals surface area contributed by atoms with Gasteiger partial charge < -0.3 is 5.32 Å². The zero-order valence-corrected chi connectivity index (χ0v) is 13.1. The van der Waals surface area contributed by atoms with Crippen LogP contribution < -0.4 is 5.32 Å². The highest BCUT2D eigenvalue weighted by Gasteiger charge is 2.33. The molecule has 0 radical (unpaired) electrons. The van der Waals surface area contributed by atoms with Crippen LogP contribution in [-0.4, -0.2) is 31.9 Å². The maximum atomic E-state index is 12.6. The van der Waals surface area contributed by atoms with Gasteiger partial charge in [0.05, 0.1) is 4.90 Å². The first-order chi connectivity index (χ1) is 9.59. The van der Waals surface area contributed by atoms with Gasteiger partial charge >= 0.3 is 0 Å². The molecule has 1 fully saturated rings. The molecule has 1 atom stereocenters. The van der Waals surface area contributed by atoms with E-state index in [9.17, 15) is 8.42 Å². The average Bonchev–Trinajstić information content (AvgIpc) is 2.95. The maximum Gasteiger partial charge on any atom is 0.243 e. The number of rotatable bonds is 6. The first kappa shape index (κ1) is 15.5. The lowest BCUT2D eigenvalue weighted by Gasteiger charge is -2.23. The van der Waals surface area contributed by atoms with Crippen molar-refractivity contribution in [2.45, 2.75) is 50.6 Å². The molecular weight excluding hydrogens is 272 g/mol. The fraction of sp³-hybridized carbons (Fsp3) is 0.600. The predicted octanol–water partition coefficient (Wildman–Crippen LogP) is 2.36. The number of sulfonamides is 1. The third-order valence-corrected chi connectivity index (χ3v) is 5.87. The summed E-state index contributed by atoms with van der Waals surface area (Å²) < 4.78 is 27.0. The SMILES string of the molecule is CCNCc1ccc(S(=O)(=O)N2CCCC2CC)cc1. The lowest BCUT2D eigenvalue weighted by Crippen LogP contribution is -2.35. The Labute approximate surface area is 122 Å². The Morgan fingerprint density at radius 2 is 1.95 bits per heavy atom. The summed E-state index contributed by atoms with van der Waals surface area (Å²) in [4.78, 5) is 0.415. The minimum Gasteiger partial charge on any atom is -0.313 e. The normalized spacial score (nSPS) is 20.4. The maximum absolute atomic E-state index is 12.6. The highest BCUT2D eigenvalue weighted by atomic mass is 32.2. The fourth-order valence-electron chi connectivity index (χ4n) is 2.72. The van der Waals surface area contributed by atoms with E-state index in [-0.39, 0.29) is 6.04 Å². The monoisotopic (exact) mass is 296 g/mol. The zero-order valence-electron chi connectivity index (χ0n) is 12.3. The van der Waals surface area contributed by atoms with Crippen LogP contribution in [-0.2, 0) is 16.6 Å². The highest BCUT2D eigenvalue weighted by Crippen LogP contribution is 2.27. The van der Waals surface area contributed by atoms with Crippen molar-refractivity contribution in [3.05, 3.63) is 29.8 Å². The summed E-state index contributed by atoms with van der Waals surface area (Å²) in [5.74, 6) is 0. The van der Waals surface area contributed by atoms with E-state index >= 15 is 0 Å². The van der Waals surface area contributed by atoms with Crippen LogP contribution in [0.4, 0.5) is 0 Å². The number of hydrogen-bond donors (Lipinski definition) is 1. The van der Waals surface area contributed by atoms with Crippen LogP contribution in [0.15, 0.2) is 29.2 Å². The molecular formula is C15H24N2O2S. The van der Waals surface area contributed by atoms with Crippen LogP contribution in [0.1, 0.15) is 38.7 Å². The molecule has 20 heavy (non-hydrogen) atoms. The standard InChI is InChI=1S/C15H24N2O2S/c1-3-14-6-5-11-17(14)20(18,19)15-9-7-13(8-10-15)12-16-4-2/h7-10,14,16H,3-6,11-12H2,1-2H3. The molecule has 0 amide bonds. The smallest absolute Gasteiger partial charge is 0.243 e. The molecule has 1 N–H and O–H groups in total. The van der Waals surface area contributed by atoms with Gasteiger partial charge in [-0.3, -0.25) is 0 Å². The number of hydrogen-bond acceptors (Lipinski definition) is 3. The lowest BCUT2D eigenvalue weighted by atomic mass is 10.2. The van der Waals surface area contributed by atoms with Crippen molar-refractivity contribution in [3.63, 3.8) is 0 Å². The van der Waals surface area contributed by atoms with Crippen LogP contribution in [0, 0.1) is 0 Å². The van der Waals surface area contributed by atoms with E-state index in [4.69, 9.17) is 0 Å². The van der Waals surface area contributed by atoms with Gasteiger partial charge in [-0.25, -0.2) is 8.42 Å². The summed E-state index contributed by atoms with van der Waals surface area (Å²) in [6, 6.07) is 7.42. The Morgan fingerprint density at radius 1 is 1.25 bits per heavy atom. The summed E-state index contributed by atoms with van der Waals surface area (Å²) in [5.41, 5.74) is 1.11. The Balaban J connectivity index is 2.17. The molecule has 1 aliphatic heterocycles. The van der Waals surface area contributed by atoms with Gasteiger partial charge in [0.1, 0.15) is 0 Å². The molecule has 1 saturated heterocycles. The molecule has 0 aliphatic carbocycles. The van der Waals surface area contributed by atoms with Gasteiger partial charge in [-0.15, -0.1) is 0 Å². The van der Waals surface area contributed by atoms with E-state index in [2.05, 4.69) is 19.2 Å². The van der Waals surface area contributed by atoms with Gasteiger partial charge in [-0.2, -0.15) is 4.31 Å². The predicted molar refractivity (Wildman–Crippen MR) is 81.0 cm³/mol. The first-order valence-corrected chi connectivity index (χ1v) is 8.85. The molecule has 0 spiro atoms. The zero-order chi connectivity index (χ0) is 14.6. The summed E-state index contributed by atoms with van der Waals surface area (Å²) >= 11 is 0. The second-order valence-electron chi connectivity index (χ2n) is 5.24. The molecule has 0 aromatic heterocycles. The van der Waals surface area contributed by atoms with Crippen LogP contribution in [0.5, 0.6) is 0 Å². The van der Waals surface area contributed by atoms with E-state index in [0.29, 0.717) is 11.4 Å². The van der Waals surface area contributed by atoms with E-state index in [1.54, 1.807) is 16.4 Å². The van der Waals surface area contributed by atoms with Gasteiger partial charge in [0, 0.05) is 19.1 Å². The Hall–Kier alpha value is -0.910. The van der Waals surface area contributed by atoms with Gasteiger partial charge in [0.2, 0.25) is 10.0 Å². The minimum absolute atomic E-state index is 0.168.